The molecule has 0 spiro atoms. The predicted molar refractivity (Wildman–Crippen MR) is 95.8 cm³/mol. The first-order valence-electron chi connectivity index (χ1n) is 7.63. The number of rotatable bonds is 2. The molecule has 6 nitrogen and oxygen atoms in total. The monoisotopic (exact) mass is 372 g/mol. The van der Waals surface area contributed by atoms with E-state index in [-0.39, 0.29) is 10.5 Å². The van der Waals surface area contributed by atoms with E-state index in [0.29, 0.717) is 38.8 Å². The second-order valence-corrected chi connectivity index (χ2v) is 7.54. The van der Waals surface area contributed by atoms with Crippen LogP contribution in [0.4, 0.5) is 4.39 Å². The van der Waals surface area contributed by atoms with Crippen molar-refractivity contribution < 1.29 is 17.2 Å². The average Bonchev–Trinajstić information content (AvgIpc) is 2.92. The number of H-pyrrole nitrogens is 1. The van der Waals surface area contributed by atoms with Crippen molar-refractivity contribution in [1.82, 2.24) is 4.98 Å². The number of furan rings is 1. The fourth-order valence-electron chi connectivity index (χ4n) is 3.04. The maximum atomic E-state index is 13.6. The van der Waals surface area contributed by atoms with Crippen molar-refractivity contribution >= 4 is 32.1 Å². The van der Waals surface area contributed by atoms with E-state index in [9.17, 15) is 17.6 Å². The van der Waals surface area contributed by atoms with E-state index in [1.807, 2.05) is 0 Å². The maximum absolute atomic E-state index is 13.6. The number of aromatic amines is 1. The first-order valence-corrected chi connectivity index (χ1v) is 9.18. The quantitative estimate of drug-likeness (QED) is 0.564. The molecule has 132 valence electrons. The topological polar surface area (TPSA) is 106 Å². The number of nitrogens with one attached hydrogen (secondary N) is 1. The Bertz CT molecular complexity index is 1350. The molecular weight excluding hydrogens is 359 g/mol. The highest BCUT2D eigenvalue weighted by atomic mass is 32.2. The van der Waals surface area contributed by atoms with Crippen LogP contribution in [-0.4, -0.2) is 13.4 Å². The Kier molecular flexibility index (Phi) is 3.50. The molecule has 8 heteroatoms. The molecule has 4 rings (SSSR count). The predicted octanol–water partition coefficient (Wildman–Crippen LogP) is 3.04. The summed E-state index contributed by atoms with van der Waals surface area (Å²) in [5, 5.41) is 5.63. The summed E-state index contributed by atoms with van der Waals surface area (Å²) in [6.45, 7) is 1.60. The lowest BCUT2D eigenvalue weighted by Crippen LogP contribution is -2.13. The van der Waals surface area contributed by atoms with Crippen molar-refractivity contribution in [3.63, 3.8) is 0 Å². The Balaban J connectivity index is 2.14. The summed E-state index contributed by atoms with van der Waals surface area (Å²) in [5.41, 5.74) is 1.98. The van der Waals surface area contributed by atoms with Crippen molar-refractivity contribution in [3.05, 3.63) is 64.2 Å². The lowest BCUT2D eigenvalue weighted by molar-refractivity contribution is 0.598. The zero-order valence-electron chi connectivity index (χ0n) is 13.5. The third-order valence-electron chi connectivity index (χ3n) is 4.28. The molecule has 2 aromatic carbocycles. The number of hydrogen-bond donors (Lipinski definition) is 2. The molecule has 0 aliphatic carbocycles. The van der Waals surface area contributed by atoms with Crippen LogP contribution in [0.3, 0.4) is 0 Å². The molecule has 0 aliphatic heterocycles. The minimum Gasteiger partial charge on any atom is -0.454 e. The van der Waals surface area contributed by atoms with Gasteiger partial charge in [0.25, 0.3) is 5.56 Å². The Hall–Kier alpha value is -2.97. The van der Waals surface area contributed by atoms with Gasteiger partial charge in [0.1, 0.15) is 11.4 Å². The molecule has 0 saturated carbocycles. The van der Waals surface area contributed by atoms with E-state index in [2.05, 4.69) is 4.98 Å². The van der Waals surface area contributed by atoms with Crippen LogP contribution < -0.4 is 10.7 Å². The van der Waals surface area contributed by atoms with Gasteiger partial charge in [0, 0.05) is 16.5 Å². The molecule has 3 N–H and O–H groups in total. The molecule has 26 heavy (non-hydrogen) atoms. The largest absolute Gasteiger partial charge is 0.454 e. The molecule has 4 aromatic rings. The van der Waals surface area contributed by atoms with Gasteiger partial charge in [0.15, 0.2) is 5.58 Å². The van der Waals surface area contributed by atoms with E-state index in [0.717, 1.165) is 0 Å². The zero-order chi connectivity index (χ0) is 18.6. The third kappa shape index (κ3) is 2.51. The highest BCUT2D eigenvalue weighted by Crippen LogP contribution is 2.36. The average molecular weight is 372 g/mol. The van der Waals surface area contributed by atoms with Gasteiger partial charge >= 0.3 is 0 Å². The number of primary sulfonamides is 1. The highest BCUT2D eigenvalue weighted by molar-refractivity contribution is 7.89. The van der Waals surface area contributed by atoms with Gasteiger partial charge in [-0.3, -0.25) is 4.79 Å². The number of halogens is 1. The van der Waals surface area contributed by atoms with Gasteiger partial charge in [-0.05, 0) is 42.8 Å². The standard InChI is InChI=1S/C18H13FN2O4S/c1-9-15(10-3-2-4-12(7-10)26(20,23)24)17-16(21-18(9)22)13-8-11(19)5-6-14(13)25-17/h2-8H,1H3,(H,21,22)(H2,20,23,24). The summed E-state index contributed by atoms with van der Waals surface area (Å²) in [6.07, 6.45) is 0. The van der Waals surface area contributed by atoms with Crippen molar-refractivity contribution in [1.29, 1.82) is 0 Å². The van der Waals surface area contributed by atoms with Crippen LogP contribution >= 0.6 is 0 Å². The van der Waals surface area contributed by atoms with Crippen molar-refractivity contribution in [2.45, 2.75) is 11.8 Å². The van der Waals surface area contributed by atoms with Crippen LogP contribution in [0, 0.1) is 12.7 Å². The van der Waals surface area contributed by atoms with E-state index >= 15 is 0 Å². The summed E-state index contributed by atoms with van der Waals surface area (Å²) in [4.78, 5) is 15.0. The summed E-state index contributed by atoms with van der Waals surface area (Å²) in [5.74, 6) is -0.459. The van der Waals surface area contributed by atoms with Gasteiger partial charge in [-0.1, -0.05) is 12.1 Å². The minimum atomic E-state index is -3.91. The number of nitrogens with two attached hydrogens (primary N) is 1. The van der Waals surface area contributed by atoms with Crippen LogP contribution in [0.15, 0.2) is 56.6 Å². The summed E-state index contributed by atoms with van der Waals surface area (Å²) < 4.78 is 42.8. The molecule has 0 amide bonds. The molecule has 0 saturated heterocycles. The van der Waals surface area contributed by atoms with Crippen LogP contribution in [0.25, 0.3) is 33.2 Å². The van der Waals surface area contributed by atoms with E-state index < -0.39 is 15.8 Å². The number of pyridine rings is 1. The second-order valence-electron chi connectivity index (χ2n) is 5.97. The number of benzene rings is 2. The summed E-state index contributed by atoms with van der Waals surface area (Å²) in [6, 6.07) is 9.95. The second kappa shape index (κ2) is 5.52. The van der Waals surface area contributed by atoms with Crippen LogP contribution in [0.1, 0.15) is 5.56 Å². The molecule has 0 fully saturated rings. The molecule has 0 radical (unpaired) electrons. The van der Waals surface area contributed by atoms with E-state index in [4.69, 9.17) is 9.56 Å². The first kappa shape index (κ1) is 16.5. The number of hydrogen-bond acceptors (Lipinski definition) is 4. The highest BCUT2D eigenvalue weighted by Gasteiger charge is 2.19. The Labute approximate surface area is 147 Å². The van der Waals surface area contributed by atoms with Gasteiger partial charge in [-0.25, -0.2) is 17.9 Å². The fourth-order valence-corrected chi connectivity index (χ4v) is 3.60. The molecular formula is C18H13FN2O4S. The van der Waals surface area contributed by atoms with E-state index in [1.165, 1.54) is 36.4 Å². The zero-order valence-corrected chi connectivity index (χ0v) is 14.4. The normalized spacial score (nSPS) is 12.1. The van der Waals surface area contributed by atoms with Gasteiger partial charge in [0.2, 0.25) is 10.0 Å². The SMILES string of the molecule is Cc1c(-c2cccc(S(N)(=O)=O)c2)c2oc3ccc(F)cc3c2[nH]c1=O. The van der Waals surface area contributed by atoms with E-state index in [1.54, 1.807) is 13.0 Å². The van der Waals surface area contributed by atoms with Crippen LogP contribution in [0.5, 0.6) is 0 Å². The summed E-state index contributed by atoms with van der Waals surface area (Å²) >= 11 is 0. The van der Waals surface area contributed by atoms with Crippen molar-refractivity contribution in [2.75, 3.05) is 0 Å². The Morgan fingerprint density at radius 1 is 1.15 bits per heavy atom. The number of fused-ring (bicyclic) bond motifs is 3. The Morgan fingerprint density at radius 3 is 2.65 bits per heavy atom. The summed E-state index contributed by atoms with van der Waals surface area (Å²) in [7, 11) is -3.91. The molecule has 2 aromatic heterocycles. The molecule has 0 aliphatic rings. The van der Waals surface area contributed by atoms with Crippen LogP contribution in [-0.2, 0) is 10.0 Å². The fraction of sp³-hybridized carbons (Fsp3) is 0.0556. The van der Waals surface area contributed by atoms with Gasteiger partial charge in [-0.2, -0.15) is 0 Å². The number of sulfonamides is 1. The number of aromatic nitrogens is 1. The molecule has 0 bridgehead atoms. The van der Waals surface area contributed by atoms with Crippen molar-refractivity contribution in [2.24, 2.45) is 5.14 Å². The van der Waals surface area contributed by atoms with Gasteiger partial charge in [0.05, 0.1) is 10.4 Å². The molecule has 2 heterocycles. The van der Waals surface area contributed by atoms with Crippen LogP contribution in [0.2, 0.25) is 0 Å². The first-order chi connectivity index (χ1) is 12.3. The minimum absolute atomic E-state index is 0.0787. The maximum Gasteiger partial charge on any atom is 0.252 e. The van der Waals surface area contributed by atoms with Crippen molar-refractivity contribution in [3.8, 4) is 11.1 Å². The Morgan fingerprint density at radius 2 is 1.92 bits per heavy atom. The van der Waals surface area contributed by atoms with Gasteiger partial charge < -0.3 is 9.40 Å². The molecule has 0 unspecified atom stereocenters. The molecule has 0 atom stereocenters. The smallest absolute Gasteiger partial charge is 0.252 e. The van der Waals surface area contributed by atoms with Gasteiger partial charge in [-0.15, -0.1) is 0 Å². The lowest BCUT2D eigenvalue weighted by atomic mass is 10.0. The third-order valence-corrected chi connectivity index (χ3v) is 5.19. The lowest BCUT2D eigenvalue weighted by Gasteiger charge is -2.08.